The minimum Gasteiger partial charge on any atom is -0.481 e. The number of nitrogens with zero attached hydrogens (tertiary/aromatic N) is 1. The van der Waals surface area contributed by atoms with Crippen LogP contribution in [-0.4, -0.2) is 41.6 Å². The van der Waals surface area contributed by atoms with Gasteiger partial charge in [-0.3, -0.25) is 4.79 Å². The zero-order valence-electron chi connectivity index (χ0n) is 10.2. The molecule has 16 heavy (non-hydrogen) atoms. The van der Waals surface area contributed by atoms with Gasteiger partial charge >= 0.3 is 12.0 Å². The number of urea groups is 1. The lowest BCUT2D eigenvalue weighted by molar-refractivity contribution is -0.137. The first kappa shape index (κ1) is 14.7. The van der Waals surface area contributed by atoms with Gasteiger partial charge in [-0.25, -0.2) is 4.79 Å². The average Bonchev–Trinajstić information content (AvgIpc) is 2.23. The molecular weight excluding hydrogens is 208 g/mol. The molecule has 0 bridgehead atoms. The van der Waals surface area contributed by atoms with Crippen LogP contribution in [0.2, 0.25) is 0 Å². The predicted octanol–water partition coefficient (Wildman–Crippen LogP) is 1.68. The summed E-state index contributed by atoms with van der Waals surface area (Å²) in [5, 5.41) is 11.2. The maximum atomic E-state index is 11.6. The maximum Gasteiger partial charge on any atom is 0.317 e. The quantitative estimate of drug-likeness (QED) is 0.623. The number of aliphatic carboxylic acids is 1. The summed E-state index contributed by atoms with van der Waals surface area (Å²) >= 11 is 0. The molecule has 0 aromatic rings. The molecule has 0 radical (unpaired) electrons. The van der Waals surface area contributed by atoms with Crippen molar-refractivity contribution in [2.24, 2.45) is 0 Å². The smallest absolute Gasteiger partial charge is 0.317 e. The van der Waals surface area contributed by atoms with E-state index in [1.807, 2.05) is 13.8 Å². The standard InChI is InChI=1S/C11H22N2O3/c1-3-8-13(9-4-2)11(16)12-7-5-6-10(14)15/h3-9H2,1-2H3,(H,12,16)(H,14,15). The Morgan fingerprint density at radius 1 is 1.19 bits per heavy atom. The van der Waals surface area contributed by atoms with Gasteiger partial charge in [0.2, 0.25) is 0 Å². The molecule has 0 fully saturated rings. The molecule has 0 aromatic carbocycles. The molecule has 0 unspecified atom stereocenters. The van der Waals surface area contributed by atoms with Gasteiger partial charge in [-0.2, -0.15) is 0 Å². The van der Waals surface area contributed by atoms with Crippen molar-refractivity contribution in [3.8, 4) is 0 Å². The fourth-order valence-corrected chi connectivity index (χ4v) is 1.40. The first-order valence-corrected chi connectivity index (χ1v) is 5.86. The van der Waals surface area contributed by atoms with E-state index in [1.54, 1.807) is 4.90 Å². The van der Waals surface area contributed by atoms with Gasteiger partial charge < -0.3 is 15.3 Å². The summed E-state index contributed by atoms with van der Waals surface area (Å²) in [6.45, 7) is 5.98. The van der Waals surface area contributed by atoms with Gasteiger partial charge in [-0.15, -0.1) is 0 Å². The number of amides is 2. The van der Waals surface area contributed by atoms with Crippen molar-refractivity contribution in [1.29, 1.82) is 0 Å². The summed E-state index contributed by atoms with van der Waals surface area (Å²) in [5.74, 6) is -0.826. The fraction of sp³-hybridized carbons (Fsp3) is 0.818. The number of hydrogen-bond donors (Lipinski definition) is 2. The Morgan fingerprint density at radius 3 is 2.19 bits per heavy atom. The number of hydrogen-bond acceptors (Lipinski definition) is 2. The minimum atomic E-state index is -0.826. The molecule has 2 amide bonds. The summed E-state index contributed by atoms with van der Waals surface area (Å²) in [6, 6.07) is -0.0888. The maximum absolute atomic E-state index is 11.6. The van der Waals surface area contributed by atoms with Crippen LogP contribution >= 0.6 is 0 Å². The Morgan fingerprint density at radius 2 is 1.75 bits per heavy atom. The van der Waals surface area contributed by atoms with Gasteiger partial charge in [0.25, 0.3) is 0 Å². The molecule has 0 atom stereocenters. The van der Waals surface area contributed by atoms with E-state index in [-0.39, 0.29) is 12.5 Å². The van der Waals surface area contributed by atoms with Gasteiger partial charge in [0.1, 0.15) is 0 Å². The fourth-order valence-electron chi connectivity index (χ4n) is 1.40. The zero-order chi connectivity index (χ0) is 12.4. The highest BCUT2D eigenvalue weighted by atomic mass is 16.4. The number of carbonyl (C=O) groups is 2. The van der Waals surface area contributed by atoms with Gasteiger partial charge in [0, 0.05) is 26.1 Å². The lowest BCUT2D eigenvalue weighted by Crippen LogP contribution is -2.41. The van der Waals surface area contributed by atoms with E-state index in [2.05, 4.69) is 5.32 Å². The van der Waals surface area contributed by atoms with Gasteiger partial charge in [-0.1, -0.05) is 13.8 Å². The molecule has 0 heterocycles. The van der Waals surface area contributed by atoms with Gasteiger partial charge in [0.15, 0.2) is 0 Å². The third-order valence-electron chi connectivity index (χ3n) is 2.12. The van der Waals surface area contributed by atoms with Crippen LogP contribution < -0.4 is 5.32 Å². The molecule has 0 spiro atoms. The highest BCUT2D eigenvalue weighted by Crippen LogP contribution is 1.95. The normalized spacial score (nSPS) is 9.88. The number of rotatable bonds is 8. The van der Waals surface area contributed by atoms with Crippen LogP contribution in [0.25, 0.3) is 0 Å². The number of carbonyl (C=O) groups excluding carboxylic acids is 1. The summed E-state index contributed by atoms with van der Waals surface area (Å²) in [7, 11) is 0. The highest BCUT2D eigenvalue weighted by Gasteiger charge is 2.10. The second kappa shape index (κ2) is 9.00. The first-order chi connectivity index (χ1) is 7.61. The molecule has 94 valence electrons. The number of nitrogens with one attached hydrogen (secondary N) is 1. The Kier molecular flexibility index (Phi) is 8.29. The lowest BCUT2D eigenvalue weighted by atomic mass is 10.3. The van der Waals surface area contributed by atoms with Crippen molar-refractivity contribution in [3.63, 3.8) is 0 Å². The molecule has 2 N–H and O–H groups in total. The van der Waals surface area contributed by atoms with Crippen LogP contribution in [0.3, 0.4) is 0 Å². The van der Waals surface area contributed by atoms with E-state index in [1.165, 1.54) is 0 Å². The molecule has 0 saturated heterocycles. The Bertz CT molecular complexity index is 213. The monoisotopic (exact) mass is 230 g/mol. The molecule has 0 saturated carbocycles. The van der Waals surface area contributed by atoms with E-state index in [4.69, 9.17) is 5.11 Å². The Balaban J connectivity index is 3.77. The van der Waals surface area contributed by atoms with Crippen molar-refractivity contribution >= 4 is 12.0 Å². The molecule has 0 aromatic heterocycles. The van der Waals surface area contributed by atoms with E-state index < -0.39 is 5.97 Å². The largest absolute Gasteiger partial charge is 0.481 e. The van der Waals surface area contributed by atoms with E-state index in [9.17, 15) is 9.59 Å². The van der Waals surface area contributed by atoms with Crippen LogP contribution in [0.1, 0.15) is 39.5 Å². The summed E-state index contributed by atoms with van der Waals surface area (Å²) in [5.41, 5.74) is 0. The van der Waals surface area contributed by atoms with Crippen molar-refractivity contribution in [1.82, 2.24) is 10.2 Å². The summed E-state index contributed by atoms with van der Waals surface area (Å²) in [4.78, 5) is 23.7. The Hall–Kier alpha value is -1.26. The summed E-state index contributed by atoms with van der Waals surface area (Å²) < 4.78 is 0. The minimum absolute atomic E-state index is 0.0888. The molecule has 0 aliphatic rings. The summed E-state index contributed by atoms with van der Waals surface area (Å²) in [6.07, 6.45) is 2.44. The third kappa shape index (κ3) is 7.09. The van der Waals surface area contributed by atoms with Crippen LogP contribution in [-0.2, 0) is 4.79 Å². The highest BCUT2D eigenvalue weighted by molar-refractivity contribution is 5.74. The van der Waals surface area contributed by atoms with Gasteiger partial charge in [-0.05, 0) is 19.3 Å². The molecule has 0 rings (SSSR count). The zero-order valence-corrected chi connectivity index (χ0v) is 10.2. The second-order valence-electron chi connectivity index (χ2n) is 3.72. The topological polar surface area (TPSA) is 69.6 Å². The van der Waals surface area contributed by atoms with Crippen LogP contribution in [0.15, 0.2) is 0 Å². The average molecular weight is 230 g/mol. The molecular formula is C11H22N2O3. The van der Waals surface area contributed by atoms with Crippen molar-refractivity contribution < 1.29 is 14.7 Å². The molecule has 5 nitrogen and oxygen atoms in total. The lowest BCUT2D eigenvalue weighted by Gasteiger charge is -2.21. The number of carboxylic acid groups (broad SMARTS) is 1. The SMILES string of the molecule is CCCN(CCC)C(=O)NCCCC(=O)O. The first-order valence-electron chi connectivity index (χ1n) is 5.86. The molecule has 5 heteroatoms. The third-order valence-corrected chi connectivity index (χ3v) is 2.12. The van der Waals surface area contributed by atoms with Crippen molar-refractivity contribution in [2.45, 2.75) is 39.5 Å². The second-order valence-corrected chi connectivity index (χ2v) is 3.72. The van der Waals surface area contributed by atoms with Crippen molar-refractivity contribution in [2.75, 3.05) is 19.6 Å². The molecule has 0 aliphatic heterocycles. The van der Waals surface area contributed by atoms with E-state index in [0.717, 1.165) is 25.9 Å². The van der Waals surface area contributed by atoms with Crippen LogP contribution in [0.5, 0.6) is 0 Å². The van der Waals surface area contributed by atoms with Crippen LogP contribution in [0.4, 0.5) is 4.79 Å². The van der Waals surface area contributed by atoms with Crippen LogP contribution in [0, 0.1) is 0 Å². The van der Waals surface area contributed by atoms with Gasteiger partial charge in [0.05, 0.1) is 0 Å². The molecule has 0 aliphatic carbocycles. The predicted molar refractivity (Wildman–Crippen MR) is 62.4 cm³/mol. The Labute approximate surface area is 96.8 Å². The van der Waals surface area contributed by atoms with E-state index in [0.29, 0.717) is 13.0 Å². The van der Waals surface area contributed by atoms with Crippen molar-refractivity contribution in [3.05, 3.63) is 0 Å². The van der Waals surface area contributed by atoms with E-state index >= 15 is 0 Å². The number of carboxylic acids is 1.